The number of hydrogen-bond acceptors (Lipinski definition) is 14. The van der Waals surface area contributed by atoms with E-state index in [0.717, 1.165) is 22.3 Å². The number of thioether (sulfide) groups is 1. The number of anilines is 2. The van der Waals surface area contributed by atoms with Crippen molar-refractivity contribution in [2.75, 3.05) is 16.8 Å². The van der Waals surface area contributed by atoms with E-state index < -0.39 is 52.2 Å². The van der Waals surface area contributed by atoms with Crippen LogP contribution in [0.4, 0.5) is 10.8 Å². The van der Waals surface area contributed by atoms with E-state index in [2.05, 4.69) is 25.8 Å². The minimum absolute atomic E-state index is 0.0223. The van der Waals surface area contributed by atoms with E-state index in [4.69, 9.17) is 22.2 Å². The van der Waals surface area contributed by atoms with Gasteiger partial charge in [-0.2, -0.15) is 0 Å². The molecule has 0 aliphatic carbocycles. The Morgan fingerprint density at radius 2 is 2.06 bits per heavy atom. The summed E-state index contributed by atoms with van der Waals surface area (Å²) >= 11 is 8.24. The van der Waals surface area contributed by atoms with Gasteiger partial charge in [-0.05, 0) is 26.0 Å². The molecular weight excluding hydrogens is 692 g/mol. The Bertz CT molecular complexity index is 1910. The Morgan fingerprint density at radius 1 is 1.31 bits per heavy atom. The number of β-lactam (4-membered cyclic amide) rings is 1. The van der Waals surface area contributed by atoms with Crippen molar-refractivity contribution >= 4 is 81.2 Å². The normalized spacial score (nSPS) is 17.7. The predicted molar refractivity (Wildman–Crippen MR) is 171 cm³/mol. The third-order valence-corrected chi connectivity index (χ3v) is 9.27. The minimum Gasteiger partial charge on any atom is -0.504 e. The molecule has 5 rings (SSSR count). The number of rotatable bonds is 11. The van der Waals surface area contributed by atoms with Crippen LogP contribution in [-0.4, -0.2) is 88.6 Å². The number of hydrogen-bond donors (Lipinski definition) is 6. The van der Waals surface area contributed by atoms with Gasteiger partial charge in [-0.15, -0.1) is 23.1 Å². The fourth-order valence-electron chi connectivity index (χ4n) is 4.54. The molecule has 3 aromatic rings. The van der Waals surface area contributed by atoms with Gasteiger partial charge < -0.3 is 36.5 Å². The maximum Gasteiger partial charge on any atom is 0.352 e. The van der Waals surface area contributed by atoms with Crippen LogP contribution in [0.2, 0.25) is 5.02 Å². The van der Waals surface area contributed by atoms with E-state index in [9.17, 15) is 39.3 Å². The predicted octanol–water partition coefficient (Wildman–Crippen LogP) is 0.862. The fourth-order valence-corrected chi connectivity index (χ4v) is 6.67. The molecule has 7 N–H and O–H groups in total. The van der Waals surface area contributed by atoms with E-state index in [1.165, 1.54) is 60.3 Å². The molecule has 3 amide bonds. The number of phenols is 2. The SMILES string of the molecule is CC(C)(C=O)O/N=C(\C(=O)N[C@@H]1C(=O)N2C(C(=O)O)=C(C[n+]3cncc(NC(=O)c4ccc(O)c(O)c4Cl)c3)CS[C@H]12)c1csc(N)n1. The quantitative estimate of drug-likeness (QED) is 0.0403. The molecule has 20 heteroatoms. The Hall–Kier alpha value is -5.27. The number of carboxylic acids is 1. The van der Waals surface area contributed by atoms with Crippen LogP contribution >= 0.6 is 34.7 Å². The number of aromatic hydroxyl groups is 2. The molecule has 0 spiro atoms. The third kappa shape index (κ3) is 6.87. The van der Waals surface area contributed by atoms with Crippen molar-refractivity contribution < 1.29 is 48.7 Å². The summed E-state index contributed by atoms with van der Waals surface area (Å²) in [5.41, 5.74) is 4.24. The number of halogens is 1. The van der Waals surface area contributed by atoms with E-state index >= 15 is 0 Å². The maximum atomic E-state index is 13.3. The Kier molecular flexibility index (Phi) is 9.55. The van der Waals surface area contributed by atoms with Gasteiger partial charge in [-0.1, -0.05) is 21.7 Å². The van der Waals surface area contributed by atoms with Crippen LogP contribution < -0.4 is 20.9 Å². The number of nitrogens with one attached hydrogen (secondary N) is 2. The molecule has 0 saturated carbocycles. The van der Waals surface area contributed by atoms with Crippen molar-refractivity contribution in [3.05, 3.63) is 63.8 Å². The molecule has 0 bridgehead atoms. The summed E-state index contributed by atoms with van der Waals surface area (Å²) in [5, 5.41) is 39.0. The molecule has 1 saturated heterocycles. The van der Waals surface area contributed by atoms with Crippen LogP contribution in [0.25, 0.3) is 0 Å². The van der Waals surface area contributed by atoms with Crippen molar-refractivity contribution in [1.29, 1.82) is 0 Å². The average molecular weight is 718 g/mol. The number of phenolic OH excluding ortho intramolecular Hbond substituents is 2. The highest BCUT2D eigenvalue weighted by molar-refractivity contribution is 8.00. The highest BCUT2D eigenvalue weighted by Crippen LogP contribution is 2.40. The first-order valence-corrected chi connectivity index (χ1v) is 16.0. The second-order valence-electron chi connectivity index (χ2n) is 10.8. The summed E-state index contributed by atoms with van der Waals surface area (Å²) in [7, 11) is 0. The number of nitrogens with zero attached hydrogens (tertiary/aromatic N) is 5. The smallest absolute Gasteiger partial charge is 0.352 e. The summed E-state index contributed by atoms with van der Waals surface area (Å²) in [6.45, 7) is 2.84. The molecule has 17 nitrogen and oxygen atoms in total. The number of carboxylic acid groups (broad SMARTS) is 1. The van der Waals surface area contributed by atoms with Gasteiger partial charge in [0.15, 0.2) is 40.4 Å². The van der Waals surface area contributed by atoms with E-state index in [0.29, 0.717) is 11.9 Å². The van der Waals surface area contributed by atoms with Crippen molar-refractivity contribution in [3.63, 3.8) is 0 Å². The summed E-state index contributed by atoms with van der Waals surface area (Å²) in [6.07, 6.45) is 4.68. The number of thiazole rings is 1. The van der Waals surface area contributed by atoms with Crippen LogP contribution in [0.5, 0.6) is 11.5 Å². The topological polar surface area (TPSA) is 251 Å². The Labute approximate surface area is 284 Å². The monoisotopic (exact) mass is 717 g/mol. The number of carbonyl (C=O) groups excluding carboxylic acids is 4. The number of carbonyl (C=O) groups is 5. The minimum atomic E-state index is -1.36. The van der Waals surface area contributed by atoms with Crippen molar-refractivity contribution in [1.82, 2.24) is 20.2 Å². The molecule has 0 radical (unpaired) electrons. The molecule has 1 fully saturated rings. The average Bonchev–Trinajstić information content (AvgIpc) is 3.47. The Morgan fingerprint density at radius 3 is 2.73 bits per heavy atom. The molecule has 4 heterocycles. The number of amides is 3. The third-order valence-electron chi connectivity index (χ3n) is 6.88. The van der Waals surface area contributed by atoms with Crippen molar-refractivity contribution in [2.45, 2.75) is 37.4 Å². The molecule has 2 atom stereocenters. The molecule has 0 unspecified atom stereocenters. The van der Waals surface area contributed by atoms with Crippen LogP contribution in [0, 0.1) is 0 Å². The largest absolute Gasteiger partial charge is 0.504 e. The van der Waals surface area contributed by atoms with Gasteiger partial charge >= 0.3 is 5.97 Å². The number of oxime groups is 1. The van der Waals surface area contributed by atoms with Gasteiger partial charge in [0.25, 0.3) is 24.0 Å². The van der Waals surface area contributed by atoms with Crippen molar-refractivity contribution in [3.8, 4) is 11.5 Å². The molecule has 2 aliphatic heterocycles. The molecule has 48 heavy (non-hydrogen) atoms. The summed E-state index contributed by atoms with van der Waals surface area (Å²) in [5.74, 6) is -4.59. The first kappa shape index (κ1) is 34.1. The van der Waals surface area contributed by atoms with Crippen LogP contribution in [0.3, 0.4) is 0 Å². The number of aldehydes is 1. The standard InChI is InChI=1S/C28H25ClN8O9S2/c1-28(2,10-38)46-35-18(15-9-48-27(30)33-15)23(42)34-19-24(43)37-20(26(44)45)12(8-47-25(19)37)6-36-7-13(5-31-11-36)32-22(41)14-3-4-16(39)21(40)17(14)29/h3-5,7,9-11,19,25H,6,8H2,1-2H3,(H6-,30,32,33,34,35,39,40,41,42,44,45)/p+1/t19-,25-/m1/s1. The molecular formula is C28H26ClN8O9S2+. The van der Waals surface area contributed by atoms with Gasteiger partial charge in [0.05, 0.1) is 10.6 Å². The molecule has 2 aromatic heterocycles. The lowest BCUT2D eigenvalue weighted by atomic mass is 10.0. The summed E-state index contributed by atoms with van der Waals surface area (Å²) in [6, 6.07) is 1.22. The van der Waals surface area contributed by atoms with Crippen LogP contribution in [0.15, 0.2) is 52.7 Å². The Balaban J connectivity index is 1.32. The maximum absolute atomic E-state index is 13.3. The van der Waals surface area contributed by atoms with Crippen LogP contribution in [0.1, 0.15) is 29.9 Å². The highest BCUT2D eigenvalue weighted by atomic mass is 35.5. The van der Waals surface area contributed by atoms with E-state index in [-0.39, 0.29) is 50.8 Å². The second kappa shape index (κ2) is 13.5. The number of benzene rings is 1. The number of nitrogen functional groups attached to an aromatic ring is 1. The summed E-state index contributed by atoms with van der Waals surface area (Å²) < 4.78 is 1.50. The second-order valence-corrected chi connectivity index (χ2v) is 13.2. The fraction of sp³-hybridized carbons (Fsp3) is 0.250. The molecule has 2 aliphatic rings. The lowest BCUT2D eigenvalue weighted by molar-refractivity contribution is -0.691. The first-order valence-electron chi connectivity index (χ1n) is 13.7. The van der Waals surface area contributed by atoms with E-state index in [1.807, 2.05) is 0 Å². The van der Waals surface area contributed by atoms with Gasteiger partial charge in [0.1, 0.15) is 41.2 Å². The number of nitrogens with two attached hydrogens (primary N) is 1. The number of aliphatic carboxylic acids is 1. The van der Waals surface area contributed by atoms with Gasteiger partial charge in [-0.3, -0.25) is 24.1 Å². The van der Waals surface area contributed by atoms with Gasteiger partial charge in [-0.25, -0.2) is 14.3 Å². The zero-order valence-electron chi connectivity index (χ0n) is 24.9. The highest BCUT2D eigenvalue weighted by Gasteiger charge is 2.54. The zero-order chi connectivity index (χ0) is 34.9. The molecule has 1 aromatic carbocycles. The number of fused-ring (bicyclic) bond motifs is 1. The lowest BCUT2D eigenvalue weighted by Gasteiger charge is -2.49. The molecule has 250 valence electrons. The van der Waals surface area contributed by atoms with Gasteiger partial charge in [0.2, 0.25) is 0 Å². The van der Waals surface area contributed by atoms with Crippen molar-refractivity contribution in [2.24, 2.45) is 5.16 Å². The lowest BCUT2D eigenvalue weighted by Crippen LogP contribution is -2.71. The van der Waals surface area contributed by atoms with Crippen LogP contribution in [-0.2, 0) is 30.6 Å². The number of aromatic nitrogens is 3. The zero-order valence-corrected chi connectivity index (χ0v) is 27.3. The van der Waals surface area contributed by atoms with Gasteiger partial charge in [0, 0.05) is 16.7 Å². The summed E-state index contributed by atoms with van der Waals surface area (Å²) in [4.78, 5) is 77.4. The van der Waals surface area contributed by atoms with E-state index in [1.54, 1.807) is 0 Å². The first-order chi connectivity index (χ1) is 22.7.